The first-order chi connectivity index (χ1) is 15.4. The first-order valence-electron chi connectivity index (χ1n) is 10.5. The molecule has 6 aromatic rings. The van der Waals surface area contributed by atoms with Crippen molar-refractivity contribution in [3.63, 3.8) is 0 Å². The first-order valence-corrected chi connectivity index (χ1v) is 11.5. The summed E-state index contributed by atoms with van der Waals surface area (Å²) in [5, 5.41) is 8.12. The third-order valence-corrected chi connectivity index (χ3v) is 6.18. The fraction of sp³-hybridized carbons (Fsp3) is 0. The Balaban J connectivity index is 0.000000249. The van der Waals surface area contributed by atoms with Crippen molar-refractivity contribution in [2.45, 2.75) is 0 Å². The Hall–Kier alpha value is -2.80. The molecule has 0 spiro atoms. The van der Waals surface area contributed by atoms with Gasteiger partial charge in [0, 0.05) is 0 Å². The number of rotatable bonds is 2. The summed E-state index contributed by atoms with van der Waals surface area (Å²) in [7, 11) is 0.777. The second-order valence-corrected chi connectivity index (χ2v) is 8.57. The molecule has 0 unspecified atom stereocenters. The summed E-state index contributed by atoms with van der Waals surface area (Å²) in [6, 6.07) is 50.5. The minimum absolute atomic E-state index is 0. The van der Waals surface area contributed by atoms with Crippen LogP contribution in [0, 0.1) is 0 Å². The average Bonchev–Trinajstić information content (AvgIpc) is 3.51. The van der Waals surface area contributed by atoms with Gasteiger partial charge in [0.2, 0.25) is 0 Å². The van der Waals surface area contributed by atoms with E-state index in [9.17, 15) is 0 Å². The Labute approximate surface area is 215 Å². The predicted molar refractivity (Wildman–Crippen MR) is 139 cm³/mol. The van der Waals surface area contributed by atoms with E-state index in [2.05, 4.69) is 146 Å². The molecular weight excluding hydrogens is 480 g/mol. The minimum Gasteiger partial charge on any atom is -1.00 e. The van der Waals surface area contributed by atoms with Crippen LogP contribution in [-0.4, -0.2) is 9.52 Å². The number of hydrogen-bond acceptors (Lipinski definition) is 0. The van der Waals surface area contributed by atoms with Crippen molar-refractivity contribution in [3.8, 4) is 0 Å². The maximum Gasteiger partial charge on any atom is 4.00 e. The van der Waals surface area contributed by atoms with Gasteiger partial charge in [0.05, 0.1) is 0 Å². The van der Waals surface area contributed by atoms with Gasteiger partial charge in [-0.25, -0.2) is 0 Å². The van der Waals surface area contributed by atoms with Crippen molar-refractivity contribution >= 4 is 41.4 Å². The molecule has 0 N–H and O–H groups in total. The molecule has 0 aliphatic heterocycles. The van der Waals surface area contributed by atoms with E-state index in [1.54, 1.807) is 0 Å². The monoisotopic (exact) mass is 504 g/mol. The fourth-order valence-corrected chi connectivity index (χ4v) is 4.40. The largest absolute Gasteiger partial charge is 4.00 e. The average molecular weight is 506 g/mol. The molecule has 0 bridgehead atoms. The second-order valence-electron chi connectivity index (χ2n) is 7.17. The Morgan fingerprint density at radius 1 is 0.438 bits per heavy atom. The number of benzene rings is 4. The zero-order chi connectivity index (χ0) is 21.1. The van der Waals surface area contributed by atoms with E-state index < -0.39 is 0 Å². The molecule has 0 aliphatic carbocycles. The van der Waals surface area contributed by atoms with E-state index in [1.807, 2.05) is 0 Å². The van der Waals surface area contributed by atoms with Crippen LogP contribution in [0.15, 0.2) is 146 Å². The molecule has 6 aromatic carbocycles. The summed E-state index contributed by atoms with van der Waals surface area (Å²) in [5.41, 5.74) is 0. The predicted octanol–water partition coefficient (Wildman–Crippen LogP) is 6.68. The minimum atomic E-state index is 0. The van der Waals surface area contributed by atoms with Gasteiger partial charge in [-0.05, 0) is 0 Å². The Morgan fingerprint density at radius 3 is 1.22 bits per heavy atom. The van der Waals surface area contributed by atoms with Gasteiger partial charge < -0.3 is 2.85 Å². The topological polar surface area (TPSA) is 0 Å². The zero-order valence-corrected chi connectivity index (χ0v) is 21.3. The fourth-order valence-electron chi connectivity index (χ4n) is 3.35. The summed E-state index contributed by atoms with van der Waals surface area (Å²) in [5.74, 6) is 0. The third kappa shape index (κ3) is 7.12. The number of fused-ring (bicyclic) bond motifs is 2. The normalized spacial score (nSPS) is 9.75. The molecule has 154 valence electrons. The van der Waals surface area contributed by atoms with E-state index in [0.717, 1.165) is 9.52 Å². The molecule has 0 amide bonds. The summed E-state index contributed by atoms with van der Waals surface area (Å²) in [6.07, 6.45) is 0. The van der Waals surface area contributed by atoms with Gasteiger partial charge in [-0.15, -0.1) is 59.3 Å². The van der Waals surface area contributed by atoms with E-state index in [-0.39, 0.29) is 29.1 Å². The molecule has 0 saturated heterocycles. The molecule has 0 heterocycles. The van der Waals surface area contributed by atoms with Crippen LogP contribution in [0.25, 0.3) is 21.5 Å². The van der Waals surface area contributed by atoms with Crippen molar-refractivity contribution in [2.75, 3.05) is 0 Å². The van der Waals surface area contributed by atoms with Gasteiger partial charge in [0.15, 0.2) is 0 Å². The van der Waals surface area contributed by atoms with Gasteiger partial charge in [-0.3, -0.25) is 0 Å². The van der Waals surface area contributed by atoms with E-state index in [1.165, 1.54) is 31.9 Å². The van der Waals surface area contributed by atoms with Crippen molar-refractivity contribution in [1.29, 1.82) is 0 Å². The van der Waals surface area contributed by atoms with Crippen LogP contribution in [0.5, 0.6) is 0 Å². The summed E-state index contributed by atoms with van der Waals surface area (Å²) >= 11 is 0. The maximum absolute atomic E-state index is 2.17. The Bertz CT molecular complexity index is 1150. The molecular formula is C30H26SiZr. The van der Waals surface area contributed by atoms with Gasteiger partial charge in [0.25, 0.3) is 0 Å². The van der Waals surface area contributed by atoms with Crippen molar-refractivity contribution in [3.05, 3.63) is 146 Å². The molecule has 0 atom stereocenters. The van der Waals surface area contributed by atoms with Gasteiger partial charge >= 0.3 is 26.2 Å². The first kappa shape index (κ1) is 23.9. The second kappa shape index (κ2) is 12.9. The van der Waals surface area contributed by atoms with Crippen LogP contribution < -0.4 is 10.4 Å². The summed E-state index contributed by atoms with van der Waals surface area (Å²) in [6.45, 7) is 0. The maximum atomic E-state index is 2.17. The summed E-state index contributed by atoms with van der Waals surface area (Å²) in [4.78, 5) is 0. The van der Waals surface area contributed by atoms with E-state index >= 15 is 0 Å². The van der Waals surface area contributed by atoms with Crippen LogP contribution in [0.1, 0.15) is 2.85 Å². The molecule has 0 saturated carbocycles. The standard InChI is InChI=1S/C12H10Si.2C9H7.Zr.2H/c1-3-7-11(8-4-1)13-12-9-5-2-6-10-12;2*1-2-5-9-7-3-6-8(9)4-1;;;/h1-10H;2*1-7H;;;/q;2*-1;+4;2*-1. The van der Waals surface area contributed by atoms with Crippen LogP contribution in [0.4, 0.5) is 0 Å². The van der Waals surface area contributed by atoms with E-state index in [0.29, 0.717) is 0 Å². The molecule has 0 fully saturated rings. The summed E-state index contributed by atoms with van der Waals surface area (Å²) < 4.78 is 0. The SMILES string of the molecule is [H-].[H-].[Zr+4].c1ccc([Si]c2ccccc2)cc1.c1ccc2[cH-]ccc2c1.c1ccc2[cH-]ccc2c1. The molecule has 0 aromatic heterocycles. The van der Waals surface area contributed by atoms with E-state index in [4.69, 9.17) is 0 Å². The van der Waals surface area contributed by atoms with Crippen molar-refractivity contribution in [1.82, 2.24) is 0 Å². The van der Waals surface area contributed by atoms with Gasteiger partial charge in [0.1, 0.15) is 9.52 Å². The zero-order valence-electron chi connectivity index (χ0n) is 19.9. The van der Waals surface area contributed by atoms with Crippen molar-refractivity contribution in [2.24, 2.45) is 0 Å². The number of hydrogen-bond donors (Lipinski definition) is 0. The van der Waals surface area contributed by atoms with Crippen LogP contribution in [0.2, 0.25) is 0 Å². The van der Waals surface area contributed by atoms with Gasteiger partial charge in [-0.2, -0.15) is 35.0 Å². The molecule has 0 nitrogen and oxygen atoms in total. The quantitative estimate of drug-likeness (QED) is 0.182. The third-order valence-electron chi connectivity index (χ3n) is 4.93. The molecule has 2 heteroatoms. The van der Waals surface area contributed by atoms with Crippen LogP contribution in [-0.2, 0) is 26.2 Å². The molecule has 32 heavy (non-hydrogen) atoms. The smallest absolute Gasteiger partial charge is 1.00 e. The van der Waals surface area contributed by atoms with Crippen LogP contribution >= 0.6 is 0 Å². The Kier molecular flexibility index (Phi) is 9.62. The van der Waals surface area contributed by atoms with Gasteiger partial charge in [-0.1, -0.05) is 83.2 Å². The molecule has 0 aliphatic rings. The molecule has 6 rings (SSSR count). The van der Waals surface area contributed by atoms with Crippen LogP contribution in [0.3, 0.4) is 0 Å². The van der Waals surface area contributed by atoms with Crippen molar-refractivity contribution < 1.29 is 29.1 Å². The molecule has 2 radical (unpaired) electrons. The Morgan fingerprint density at radius 2 is 0.812 bits per heavy atom.